The highest BCUT2D eigenvalue weighted by molar-refractivity contribution is 7.87. The van der Waals surface area contributed by atoms with Gasteiger partial charge in [-0.1, -0.05) is 11.3 Å². The molecule has 0 aromatic carbocycles. The Labute approximate surface area is 87.8 Å². The molecule has 0 atom stereocenters. The maximum Gasteiger partial charge on any atom is 0.438 e. The zero-order chi connectivity index (χ0) is 11.7. The summed E-state index contributed by atoms with van der Waals surface area (Å²) < 4.78 is 62.8. The summed E-state index contributed by atoms with van der Waals surface area (Å²) in [5.41, 5.74) is -0.437. The summed E-state index contributed by atoms with van der Waals surface area (Å²) in [6.45, 7) is 1.27. The zero-order valence-corrected chi connectivity index (χ0v) is 9.04. The second kappa shape index (κ2) is 3.97. The second-order valence-corrected chi connectivity index (χ2v) is 5.09. The lowest BCUT2D eigenvalue weighted by atomic mass is 10.5. The van der Waals surface area contributed by atoms with Crippen molar-refractivity contribution >= 4 is 21.5 Å². The molecule has 0 N–H and O–H groups in total. The molecule has 4 nitrogen and oxygen atoms in total. The third-order valence-corrected chi connectivity index (χ3v) is 3.29. The van der Waals surface area contributed by atoms with E-state index in [1.54, 1.807) is 0 Å². The number of hydrogen-bond acceptors (Lipinski definition) is 5. The molecule has 1 rings (SSSR count). The van der Waals surface area contributed by atoms with Crippen molar-refractivity contribution in [3.63, 3.8) is 0 Å². The molecule has 0 unspecified atom stereocenters. The van der Waals surface area contributed by atoms with Gasteiger partial charge in [-0.15, -0.1) is 0 Å². The first kappa shape index (κ1) is 12.2. The highest BCUT2D eigenvalue weighted by Gasteiger charge is 2.38. The van der Waals surface area contributed by atoms with Crippen molar-refractivity contribution in [1.82, 2.24) is 4.98 Å². The van der Waals surface area contributed by atoms with Gasteiger partial charge in [0.2, 0.25) is 5.06 Å². The monoisotopic (exact) mass is 261 g/mol. The van der Waals surface area contributed by atoms with Gasteiger partial charge >= 0.3 is 16.3 Å². The molecule has 0 fully saturated rings. The van der Waals surface area contributed by atoms with Gasteiger partial charge in [0.1, 0.15) is 0 Å². The van der Waals surface area contributed by atoms with Crippen LogP contribution in [-0.4, -0.2) is 19.2 Å². The largest absolute Gasteiger partial charge is 0.438 e. The molecule has 15 heavy (non-hydrogen) atoms. The van der Waals surface area contributed by atoms with Crippen LogP contribution in [0.5, 0.6) is 5.06 Å². The quantitative estimate of drug-likeness (QED) is 0.780. The van der Waals surface area contributed by atoms with Gasteiger partial charge in [0, 0.05) is 0 Å². The number of rotatable bonds is 3. The highest BCUT2D eigenvalue weighted by Crippen LogP contribution is 2.38. The predicted octanol–water partition coefficient (Wildman–Crippen LogP) is 1.89. The van der Waals surface area contributed by atoms with Crippen molar-refractivity contribution in [3.05, 3.63) is 11.2 Å². The standard InChI is InChI=1S/C6H6F3NO3S2/c1-2-15(11,12)13-5-4(6(7,8)9)10-3-14-5/h3H,2H2,1H3. The molecular formula is C6H6F3NO3S2. The molecule has 0 aliphatic rings. The number of hydrogen-bond donors (Lipinski definition) is 0. The maximum absolute atomic E-state index is 12.2. The summed E-state index contributed by atoms with van der Waals surface area (Å²) >= 11 is 0.486. The van der Waals surface area contributed by atoms with Crippen molar-refractivity contribution in [1.29, 1.82) is 0 Å². The Bertz CT molecular complexity index is 437. The van der Waals surface area contributed by atoms with Gasteiger partial charge in [-0.25, -0.2) is 4.98 Å². The molecule has 1 aromatic heterocycles. The Hall–Kier alpha value is -0.830. The van der Waals surface area contributed by atoms with Crippen LogP contribution in [-0.2, 0) is 16.3 Å². The van der Waals surface area contributed by atoms with E-state index in [1.807, 2.05) is 0 Å². The van der Waals surface area contributed by atoms with Gasteiger partial charge in [-0.2, -0.15) is 21.6 Å². The van der Waals surface area contributed by atoms with Gasteiger partial charge in [0.15, 0.2) is 5.69 Å². The van der Waals surface area contributed by atoms with Crippen molar-refractivity contribution in [3.8, 4) is 5.06 Å². The van der Waals surface area contributed by atoms with E-state index in [0.717, 1.165) is 5.51 Å². The molecule has 0 radical (unpaired) electrons. The number of halogens is 3. The summed E-state index contributed by atoms with van der Waals surface area (Å²) in [6, 6.07) is 0. The third kappa shape index (κ3) is 3.06. The molecule has 0 amide bonds. The fraction of sp³-hybridized carbons (Fsp3) is 0.500. The topological polar surface area (TPSA) is 56.3 Å². The molecule has 1 aromatic rings. The highest BCUT2D eigenvalue weighted by atomic mass is 32.2. The first-order valence-corrected chi connectivity index (χ1v) is 6.15. The Morgan fingerprint density at radius 1 is 1.53 bits per heavy atom. The molecule has 1 heterocycles. The van der Waals surface area contributed by atoms with Crippen molar-refractivity contribution in [2.75, 3.05) is 5.75 Å². The zero-order valence-electron chi connectivity index (χ0n) is 7.41. The van der Waals surface area contributed by atoms with Crippen molar-refractivity contribution in [2.45, 2.75) is 13.1 Å². The number of nitrogens with zero attached hydrogens (tertiary/aromatic N) is 1. The van der Waals surface area contributed by atoms with Crippen LogP contribution >= 0.6 is 11.3 Å². The Morgan fingerprint density at radius 3 is 2.60 bits per heavy atom. The van der Waals surface area contributed by atoms with Crippen LogP contribution in [0.15, 0.2) is 5.51 Å². The van der Waals surface area contributed by atoms with Crippen molar-refractivity contribution < 1.29 is 25.8 Å². The molecule has 9 heteroatoms. The molecule has 0 saturated carbocycles. The Morgan fingerprint density at radius 2 is 2.13 bits per heavy atom. The van der Waals surface area contributed by atoms with E-state index in [-0.39, 0.29) is 0 Å². The van der Waals surface area contributed by atoms with E-state index >= 15 is 0 Å². The van der Waals surface area contributed by atoms with Crippen LogP contribution in [0.1, 0.15) is 12.6 Å². The molecule has 86 valence electrons. The van der Waals surface area contributed by atoms with Gasteiger partial charge in [-0.3, -0.25) is 0 Å². The van der Waals surface area contributed by atoms with E-state index in [9.17, 15) is 21.6 Å². The van der Waals surface area contributed by atoms with Gasteiger partial charge in [-0.05, 0) is 6.92 Å². The minimum atomic E-state index is -4.71. The third-order valence-electron chi connectivity index (χ3n) is 1.36. The summed E-state index contributed by atoms with van der Waals surface area (Å²) in [5, 5.41) is -0.746. The average molecular weight is 261 g/mol. The minimum absolute atomic E-state index is 0.401. The number of alkyl halides is 3. The molecule has 0 spiro atoms. The number of thiazole rings is 1. The smallest absolute Gasteiger partial charge is 0.369 e. The van der Waals surface area contributed by atoms with E-state index in [1.165, 1.54) is 6.92 Å². The van der Waals surface area contributed by atoms with Crippen LogP contribution in [0.25, 0.3) is 0 Å². The SMILES string of the molecule is CCS(=O)(=O)Oc1scnc1C(F)(F)F. The lowest BCUT2D eigenvalue weighted by Gasteiger charge is -2.06. The van der Waals surface area contributed by atoms with Crippen molar-refractivity contribution in [2.24, 2.45) is 0 Å². The summed E-state index contributed by atoms with van der Waals surface area (Å²) in [4.78, 5) is 3.01. The van der Waals surface area contributed by atoms with Crippen LogP contribution in [0.3, 0.4) is 0 Å². The molecule has 0 bridgehead atoms. The fourth-order valence-corrected chi connectivity index (χ4v) is 2.09. The van der Waals surface area contributed by atoms with Crippen LogP contribution in [0.2, 0.25) is 0 Å². The van der Waals surface area contributed by atoms with E-state index in [2.05, 4.69) is 9.17 Å². The molecule has 0 aliphatic heterocycles. The normalized spacial score (nSPS) is 12.8. The van der Waals surface area contributed by atoms with Crippen LogP contribution in [0.4, 0.5) is 13.2 Å². The van der Waals surface area contributed by atoms with Crippen LogP contribution in [0, 0.1) is 0 Å². The summed E-state index contributed by atoms with van der Waals surface area (Å²) in [5.74, 6) is -0.401. The molecular weight excluding hydrogens is 255 g/mol. The Kier molecular flexibility index (Phi) is 3.24. The lowest BCUT2D eigenvalue weighted by molar-refractivity contribution is -0.141. The maximum atomic E-state index is 12.2. The van der Waals surface area contributed by atoms with E-state index in [4.69, 9.17) is 0 Å². The van der Waals surface area contributed by atoms with E-state index < -0.39 is 32.8 Å². The van der Waals surface area contributed by atoms with Gasteiger partial charge in [0.25, 0.3) is 0 Å². The fourth-order valence-electron chi connectivity index (χ4n) is 0.658. The first-order valence-electron chi connectivity index (χ1n) is 3.69. The summed E-state index contributed by atoms with van der Waals surface area (Å²) in [6.07, 6.45) is -4.71. The molecule has 0 saturated heterocycles. The van der Waals surface area contributed by atoms with E-state index in [0.29, 0.717) is 11.3 Å². The molecule has 0 aliphatic carbocycles. The van der Waals surface area contributed by atoms with Crippen LogP contribution < -0.4 is 4.18 Å². The lowest BCUT2D eigenvalue weighted by Crippen LogP contribution is -2.14. The summed E-state index contributed by atoms with van der Waals surface area (Å²) in [7, 11) is -3.95. The second-order valence-electron chi connectivity index (χ2n) is 2.42. The average Bonchev–Trinajstić information content (AvgIpc) is 2.50. The number of aromatic nitrogens is 1. The minimum Gasteiger partial charge on any atom is -0.369 e. The first-order chi connectivity index (χ1) is 6.76. The predicted molar refractivity (Wildman–Crippen MR) is 47.2 cm³/mol. The Balaban J connectivity index is 3.03. The van der Waals surface area contributed by atoms with Gasteiger partial charge < -0.3 is 4.18 Å². The van der Waals surface area contributed by atoms with Gasteiger partial charge in [0.05, 0.1) is 11.3 Å².